The minimum absolute atomic E-state index is 0.110. The van der Waals surface area contributed by atoms with Crippen LogP contribution in [0.25, 0.3) is 0 Å². The van der Waals surface area contributed by atoms with Crippen LogP contribution < -0.4 is 14.5 Å². The van der Waals surface area contributed by atoms with E-state index < -0.39 is 15.9 Å². The molecule has 0 aliphatic rings. The summed E-state index contributed by atoms with van der Waals surface area (Å²) >= 11 is 6.27. The minimum atomic E-state index is -4.00. The number of benzene rings is 3. The summed E-state index contributed by atoms with van der Waals surface area (Å²) in [5.41, 5.74) is 3.83. The van der Waals surface area contributed by atoms with Gasteiger partial charge >= 0.3 is 0 Å². The number of aryl methyl sites for hydroxylation is 1. The molecule has 0 fully saturated rings. The number of carbonyl (C=O) groups is 1. The van der Waals surface area contributed by atoms with Gasteiger partial charge in [-0.3, -0.25) is 9.10 Å². The number of hydrogen-bond donors (Lipinski definition) is 1. The number of halogens is 1. The molecule has 3 aromatic rings. The van der Waals surface area contributed by atoms with Crippen LogP contribution in [0.4, 0.5) is 11.4 Å². The molecule has 0 bridgehead atoms. The Morgan fingerprint density at radius 2 is 1.64 bits per heavy atom. The summed E-state index contributed by atoms with van der Waals surface area (Å²) in [5.74, 6) is -0.416. The lowest BCUT2D eigenvalue weighted by Crippen LogP contribution is -2.41. The Labute approximate surface area is 200 Å². The topological polar surface area (TPSA) is 69.7 Å². The molecule has 3 rings (SSSR count). The summed E-state index contributed by atoms with van der Waals surface area (Å²) in [6.07, 6.45) is 0. The van der Waals surface area contributed by atoms with Gasteiger partial charge in [-0.05, 0) is 61.4 Å². The molecular formula is C25H28ClN3O3S. The standard InChI is InChI=1S/C25H28ClN3O3S/c1-18-11-13-22(14-12-18)33(31,32)29(24-10-6-9-23(26)19(24)2)17-25(30)27-16-20-7-5-8-21(15-20)28(3)4/h5-15H,16-17H2,1-4H3,(H,27,30). The fourth-order valence-corrected chi connectivity index (χ4v) is 4.98. The van der Waals surface area contributed by atoms with Crippen LogP contribution in [0.2, 0.25) is 5.02 Å². The van der Waals surface area contributed by atoms with E-state index in [-0.39, 0.29) is 18.0 Å². The number of nitrogens with one attached hydrogen (secondary N) is 1. The van der Waals surface area contributed by atoms with Gasteiger partial charge in [0.2, 0.25) is 5.91 Å². The van der Waals surface area contributed by atoms with Crippen molar-refractivity contribution in [1.29, 1.82) is 0 Å². The quantitative estimate of drug-likeness (QED) is 0.508. The van der Waals surface area contributed by atoms with E-state index in [2.05, 4.69) is 5.32 Å². The van der Waals surface area contributed by atoms with Crippen molar-refractivity contribution in [3.8, 4) is 0 Å². The van der Waals surface area contributed by atoms with Crippen molar-refractivity contribution >= 4 is 38.9 Å². The highest BCUT2D eigenvalue weighted by Crippen LogP contribution is 2.30. The van der Waals surface area contributed by atoms with Gasteiger partial charge in [0, 0.05) is 31.4 Å². The summed E-state index contributed by atoms with van der Waals surface area (Å²) in [4.78, 5) is 15.0. The third kappa shape index (κ3) is 5.86. The molecule has 0 saturated carbocycles. The Morgan fingerprint density at radius 3 is 2.30 bits per heavy atom. The first-order chi connectivity index (χ1) is 15.6. The summed E-state index contributed by atoms with van der Waals surface area (Å²) < 4.78 is 28.2. The van der Waals surface area contributed by atoms with Crippen LogP contribution >= 0.6 is 11.6 Å². The van der Waals surface area contributed by atoms with Crippen LogP contribution in [-0.4, -0.2) is 35.0 Å². The number of hydrogen-bond acceptors (Lipinski definition) is 4. The normalized spacial score (nSPS) is 11.2. The molecule has 0 unspecified atom stereocenters. The molecular weight excluding hydrogens is 458 g/mol. The molecule has 6 nitrogen and oxygen atoms in total. The lowest BCUT2D eigenvalue weighted by molar-refractivity contribution is -0.119. The lowest BCUT2D eigenvalue weighted by Gasteiger charge is -2.26. The van der Waals surface area contributed by atoms with Gasteiger partial charge < -0.3 is 10.2 Å². The molecule has 3 aromatic carbocycles. The van der Waals surface area contributed by atoms with E-state index in [0.717, 1.165) is 21.1 Å². The zero-order valence-electron chi connectivity index (χ0n) is 19.2. The van der Waals surface area contributed by atoms with Crippen LogP contribution in [0.3, 0.4) is 0 Å². The predicted octanol–water partition coefficient (Wildman–Crippen LogP) is 4.53. The molecule has 0 heterocycles. The summed E-state index contributed by atoms with van der Waals surface area (Å²) in [5, 5.41) is 3.26. The molecule has 0 aromatic heterocycles. The number of amides is 1. The Morgan fingerprint density at radius 1 is 0.970 bits per heavy atom. The van der Waals surface area contributed by atoms with Crippen molar-refractivity contribution < 1.29 is 13.2 Å². The molecule has 1 N–H and O–H groups in total. The second-order valence-corrected chi connectivity index (χ2v) is 10.3. The molecule has 0 radical (unpaired) electrons. The Bertz CT molecular complexity index is 1240. The molecule has 0 saturated heterocycles. The summed E-state index contributed by atoms with van der Waals surface area (Å²) in [6.45, 7) is 3.53. The van der Waals surface area contributed by atoms with Gasteiger partial charge in [0.05, 0.1) is 10.6 Å². The molecule has 0 spiro atoms. The summed E-state index contributed by atoms with van der Waals surface area (Å²) in [7, 11) is -0.112. The SMILES string of the molecule is Cc1ccc(S(=O)(=O)N(CC(=O)NCc2cccc(N(C)C)c2)c2cccc(Cl)c2C)cc1. The van der Waals surface area contributed by atoms with Gasteiger partial charge in [0.25, 0.3) is 10.0 Å². The smallest absolute Gasteiger partial charge is 0.264 e. The highest BCUT2D eigenvalue weighted by Gasteiger charge is 2.28. The average molecular weight is 486 g/mol. The van der Waals surface area contributed by atoms with Crippen LogP contribution in [0, 0.1) is 13.8 Å². The van der Waals surface area contributed by atoms with Crippen molar-refractivity contribution in [3.63, 3.8) is 0 Å². The zero-order valence-corrected chi connectivity index (χ0v) is 20.7. The number of carbonyl (C=O) groups excluding carboxylic acids is 1. The van der Waals surface area contributed by atoms with Crippen molar-refractivity contribution in [3.05, 3.63) is 88.4 Å². The van der Waals surface area contributed by atoms with E-state index in [1.54, 1.807) is 49.4 Å². The first-order valence-corrected chi connectivity index (χ1v) is 12.3. The maximum Gasteiger partial charge on any atom is 0.264 e. The average Bonchev–Trinajstić information content (AvgIpc) is 2.78. The van der Waals surface area contributed by atoms with E-state index in [0.29, 0.717) is 16.3 Å². The van der Waals surface area contributed by atoms with Gasteiger partial charge in [-0.1, -0.05) is 47.5 Å². The van der Waals surface area contributed by atoms with Crippen LogP contribution in [0.5, 0.6) is 0 Å². The van der Waals surface area contributed by atoms with Gasteiger partial charge in [-0.2, -0.15) is 0 Å². The molecule has 33 heavy (non-hydrogen) atoms. The van der Waals surface area contributed by atoms with E-state index >= 15 is 0 Å². The van der Waals surface area contributed by atoms with E-state index in [4.69, 9.17) is 11.6 Å². The number of rotatable bonds is 8. The van der Waals surface area contributed by atoms with Gasteiger partial charge in [-0.15, -0.1) is 0 Å². The van der Waals surface area contributed by atoms with Crippen molar-refractivity contribution in [2.24, 2.45) is 0 Å². The monoisotopic (exact) mass is 485 g/mol. The lowest BCUT2D eigenvalue weighted by atomic mass is 10.2. The Kier molecular flexibility index (Phi) is 7.66. The third-order valence-electron chi connectivity index (χ3n) is 5.32. The van der Waals surface area contributed by atoms with Crippen LogP contribution in [0.15, 0.2) is 71.6 Å². The zero-order chi connectivity index (χ0) is 24.2. The predicted molar refractivity (Wildman–Crippen MR) is 135 cm³/mol. The van der Waals surface area contributed by atoms with E-state index in [1.807, 2.05) is 50.2 Å². The van der Waals surface area contributed by atoms with Gasteiger partial charge in [0.1, 0.15) is 6.54 Å². The highest BCUT2D eigenvalue weighted by molar-refractivity contribution is 7.92. The fourth-order valence-electron chi connectivity index (χ4n) is 3.33. The van der Waals surface area contributed by atoms with Crippen molar-refractivity contribution in [2.45, 2.75) is 25.3 Å². The molecule has 0 atom stereocenters. The van der Waals surface area contributed by atoms with E-state index in [9.17, 15) is 13.2 Å². The second kappa shape index (κ2) is 10.3. The summed E-state index contributed by atoms with van der Waals surface area (Å²) in [6, 6.07) is 19.3. The molecule has 174 valence electrons. The second-order valence-electron chi connectivity index (χ2n) is 8.05. The van der Waals surface area contributed by atoms with Gasteiger partial charge in [-0.25, -0.2) is 8.42 Å². The molecule has 0 aliphatic carbocycles. The molecule has 0 aliphatic heterocycles. The maximum atomic E-state index is 13.5. The van der Waals surface area contributed by atoms with Crippen molar-refractivity contribution in [2.75, 3.05) is 29.8 Å². The van der Waals surface area contributed by atoms with Gasteiger partial charge in [0.15, 0.2) is 0 Å². The number of sulfonamides is 1. The molecule has 1 amide bonds. The first-order valence-electron chi connectivity index (χ1n) is 10.5. The number of nitrogens with zero attached hydrogens (tertiary/aromatic N) is 2. The first kappa shape index (κ1) is 24.6. The largest absolute Gasteiger partial charge is 0.378 e. The third-order valence-corrected chi connectivity index (χ3v) is 7.50. The maximum absolute atomic E-state index is 13.5. The van der Waals surface area contributed by atoms with Crippen LogP contribution in [0.1, 0.15) is 16.7 Å². The Balaban J connectivity index is 1.88. The Hall–Kier alpha value is -3.03. The van der Waals surface area contributed by atoms with Crippen LogP contribution in [-0.2, 0) is 21.4 Å². The van der Waals surface area contributed by atoms with Crippen molar-refractivity contribution in [1.82, 2.24) is 5.32 Å². The molecule has 8 heteroatoms. The highest BCUT2D eigenvalue weighted by atomic mass is 35.5. The fraction of sp³-hybridized carbons (Fsp3) is 0.240. The van der Waals surface area contributed by atoms with E-state index in [1.165, 1.54) is 0 Å². The minimum Gasteiger partial charge on any atom is -0.378 e. The number of anilines is 2.